The monoisotopic (exact) mass is 391 g/mol. The summed E-state index contributed by atoms with van der Waals surface area (Å²) >= 11 is 3.46. The Bertz CT molecular complexity index is 1170. The van der Waals surface area contributed by atoms with Crippen LogP contribution in [0.5, 0.6) is 0 Å². The Balaban J connectivity index is 1.76. The van der Waals surface area contributed by atoms with Crippen molar-refractivity contribution in [2.45, 2.75) is 18.2 Å². The van der Waals surface area contributed by atoms with Crippen molar-refractivity contribution >= 4 is 54.8 Å². The van der Waals surface area contributed by atoms with Crippen molar-refractivity contribution in [1.82, 2.24) is 0 Å². The maximum absolute atomic E-state index is 12.3. The van der Waals surface area contributed by atoms with E-state index in [-0.39, 0.29) is 11.5 Å². The topological polar surface area (TPSA) is 49.7 Å². The zero-order chi connectivity index (χ0) is 18.8. The van der Waals surface area contributed by atoms with E-state index in [1.54, 1.807) is 29.2 Å². The first kappa shape index (κ1) is 17.8. The van der Waals surface area contributed by atoms with Gasteiger partial charge in [0.05, 0.1) is 0 Å². The number of oxime groups is 1. The van der Waals surface area contributed by atoms with Crippen LogP contribution in [0.3, 0.4) is 0 Å². The molecule has 1 heterocycles. The fraction of sp³-hybridized carbons (Fsp3) is 0.0909. The van der Waals surface area contributed by atoms with Gasteiger partial charge < -0.3 is 5.21 Å². The van der Waals surface area contributed by atoms with Crippen molar-refractivity contribution < 1.29 is 10.0 Å². The molecule has 27 heavy (non-hydrogen) atoms. The molecule has 1 aliphatic carbocycles. The predicted molar refractivity (Wildman–Crippen MR) is 115 cm³/mol. The average molecular weight is 392 g/mol. The summed E-state index contributed by atoms with van der Waals surface area (Å²) in [5.41, 5.74) is 0.627. The van der Waals surface area contributed by atoms with Crippen molar-refractivity contribution in [1.29, 1.82) is 0 Å². The van der Waals surface area contributed by atoms with Gasteiger partial charge in [-0.2, -0.15) is 0 Å². The highest BCUT2D eigenvalue weighted by Crippen LogP contribution is 2.38. The molecular formula is C22H17NO2S2. The molecule has 0 bridgehead atoms. The molecule has 0 amide bonds. The third-order valence-electron chi connectivity index (χ3n) is 4.38. The highest BCUT2D eigenvalue weighted by molar-refractivity contribution is 8.03. The highest BCUT2D eigenvalue weighted by Gasteiger charge is 2.13. The molecule has 3 nitrogen and oxygen atoms in total. The number of rotatable bonds is 4. The summed E-state index contributed by atoms with van der Waals surface area (Å²) in [6.45, 7) is 1.51. The second kappa shape index (κ2) is 7.55. The van der Waals surface area contributed by atoms with Gasteiger partial charge in [-0.15, -0.1) is 11.3 Å². The minimum absolute atomic E-state index is 0.0887. The Morgan fingerprint density at radius 3 is 2.70 bits per heavy atom. The number of thiophene rings is 1. The van der Waals surface area contributed by atoms with Gasteiger partial charge >= 0.3 is 0 Å². The van der Waals surface area contributed by atoms with Gasteiger partial charge in [0.2, 0.25) is 5.78 Å². The van der Waals surface area contributed by atoms with Gasteiger partial charge in [-0.3, -0.25) is 4.79 Å². The third kappa shape index (κ3) is 3.61. The number of Topliss-reactive ketones (excluding diaryl/α,β-unsaturated/α-hetero) is 1. The molecule has 3 aromatic rings. The van der Waals surface area contributed by atoms with Gasteiger partial charge in [0.25, 0.3) is 0 Å². The molecule has 4 rings (SSSR count). The number of ketones is 1. The van der Waals surface area contributed by atoms with E-state index in [1.165, 1.54) is 21.4 Å². The van der Waals surface area contributed by atoms with Crippen molar-refractivity contribution in [2.24, 2.45) is 5.16 Å². The lowest BCUT2D eigenvalue weighted by Crippen LogP contribution is -2.10. The quantitative estimate of drug-likeness (QED) is 0.236. The second-order valence-corrected chi connectivity index (χ2v) is 8.45. The SMILES string of the molecule is C/C(=N\O)C(=O)c1ccc2sc3ccc(SC4=CCC=CC=C4)cc3c2c1. The van der Waals surface area contributed by atoms with Crippen molar-refractivity contribution in [3.8, 4) is 0 Å². The fourth-order valence-corrected chi connectivity index (χ4v) is 4.97. The van der Waals surface area contributed by atoms with Crippen LogP contribution in [-0.2, 0) is 0 Å². The van der Waals surface area contributed by atoms with E-state index in [1.807, 2.05) is 12.1 Å². The lowest BCUT2D eigenvalue weighted by atomic mass is 10.0. The van der Waals surface area contributed by atoms with Crippen molar-refractivity contribution in [3.63, 3.8) is 0 Å². The number of fused-ring (bicyclic) bond motifs is 3. The summed E-state index contributed by atoms with van der Waals surface area (Å²) in [5, 5.41) is 14.1. The van der Waals surface area contributed by atoms with Crippen LogP contribution in [-0.4, -0.2) is 16.7 Å². The Labute approximate surface area is 165 Å². The molecule has 0 saturated heterocycles. The Morgan fingerprint density at radius 1 is 1.11 bits per heavy atom. The van der Waals surface area contributed by atoms with Gasteiger partial charge in [-0.05, 0) is 55.8 Å². The molecule has 5 heteroatoms. The molecule has 1 aromatic heterocycles. The lowest BCUT2D eigenvalue weighted by Gasteiger charge is -2.03. The molecule has 0 radical (unpaired) electrons. The van der Waals surface area contributed by atoms with E-state index in [0.29, 0.717) is 5.56 Å². The first-order valence-electron chi connectivity index (χ1n) is 8.56. The molecule has 1 aliphatic rings. The number of nitrogens with zero attached hydrogens (tertiary/aromatic N) is 1. The Kier molecular flexibility index (Phi) is 4.97. The molecule has 0 fully saturated rings. The normalized spacial score (nSPS) is 14.6. The minimum Gasteiger partial charge on any atom is -0.411 e. The highest BCUT2D eigenvalue weighted by atomic mass is 32.2. The number of benzene rings is 2. The third-order valence-corrected chi connectivity index (χ3v) is 6.56. The van der Waals surface area contributed by atoms with Crippen LogP contribution in [0.1, 0.15) is 23.7 Å². The molecule has 2 aromatic carbocycles. The fourth-order valence-electron chi connectivity index (χ4n) is 2.99. The summed E-state index contributed by atoms with van der Waals surface area (Å²) in [5.74, 6) is -0.259. The van der Waals surface area contributed by atoms with Crippen LogP contribution in [0.15, 0.2) is 81.7 Å². The van der Waals surface area contributed by atoms with Crippen LogP contribution < -0.4 is 0 Å². The van der Waals surface area contributed by atoms with Crippen LogP contribution in [0.25, 0.3) is 20.2 Å². The Hall–Kier alpha value is -2.63. The van der Waals surface area contributed by atoms with Crippen LogP contribution in [0, 0.1) is 0 Å². The largest absolute Gasteiger partial charge is 0.411 e. The molecule has 0 aliphatic heterocycles. The van der Waals surface area contributed by atoms with E-state index in [2.05, 4.69) is 53.7 Å². The van der Waals surface area contributed by atoms with Crippen LogP contribution in [0.4, 0.5) is 0 Å². The molecule has 1 N–H and O–H groups in total. The average Bonchev–Trinajstić information content (AvgIpc) is 2.85. The summed E-state index contributed by atoms with van der Waals surface area (Å²) in [6, 6.07) is 12.1. The number of thioether (sulfide) groups is 1. The van der Waals surface area contributed by atoms with Gasteiger partial charge in [-0.1, -0.05) is 41.2 Å². The van der Waals surface area contributed by atoms with Gasteiger partial charge in [0, 0.05) is 35.5 Å². The summed E-state index contributed by atoms with van der Waals surface area (Å²) in [6.07, 6.45) is 11.5. The summed E-state index contributed by atoms with van der Waals surface area (Å²) in [4.78, 5) is 14.7. The number of hydrogen-bond acceptors (Lipinski definition) is 5. The van der Waals surface area contributed by atoms with E-state index in [0.717, 1.165) is 21.9 Å². The van der Waals surface area contributed by atoms with Gasteiger partial charge in [0.1, 0.15) is 5.71 Å². The zero-order valence-corrected chi connectivity index (χ0v) is 16.3. The maximum atomic E-state index is 12.3. The van der Waals surface area contributed by atoms with E-state index in [9.17, 15) is 4.79 Å². The standard InChI is InChI=1S/C22H17NO2S2/c1-14(23-25)22(24)15-8-10-20-18(12-15)19-13-17(9-11-21(19)27-20)26-16-6-4-2-3-5-7-16/h2-4,6-13,25H,5H2,1H3/b23-14+. The molecule has 0 spiro atoms. The van der Waals surface area contributed by atoms with Gasteiger partial charge in [0.15, 0.2) is 0 Å². The molecule has 134 valence electrons. The minimum atomic E-state index is -0.259. The number of allylic oxidation sites excluding steroid dienone is 5. The number of carbonyl (C=O) groups is 1. The summed E-state index contributed by atoms with van der Waals surface area (Å²) in [7, 11) is 0. The first-order chi connectivity index (χ1) is 13.2. The van der Waals surface area contributed by atoms with E-state index >= 15 is 0 Å². The molecular weight excluding hydrogens is 374 g/mol. The van der Waals surface area contributed by atoms with Gasteiger partial charge in [-0.25, -0.2) is 0 Å². The zero-order valence-electron chi connectivity index (χ0n) is 14.7. The molecule has 0 atom stereocenters. The Morgan fingerprint density at radius 2 is 1.89 bits per heavy atom. The molecule has 0 saturated carbocycles. The maximum Gasteiger partial charge on any atom is 0.210 e. The second-order valence-electron chi connectivity index (χ2n) is 6.22. The van der Waals surface area contributed by atoms with E-state index < -0.39 is 0 Å². The van der Waals surface area contributed by atoms with Crippen LogP contribution >= 0.6 is 23.1 Å². The smallest absolute Gasteiger partial charge is 0.210 e. The van der Waals surface area contributed by atoms with Crippen molar-refractivity contribution in [3.05, 3.63) is 77.2 Å². The van der Waals surface area contributed by atoms with Crippen molar-refractivity contribution in [2.75, 3.05) is 0 Å². The van der Waals surface area contributed by atoms with E-state index in [4.69, 9.17) is 5.21 Å². The predicted octanol–water partition coefficient (Wildman–Crippen LogP) is 6.58. The lowest BCUT2D eigenvalue weighted by molar-refractivity contribution is 0.106. The number of hydrogen-bond donors (Lipinski definition) is 1. The number of carbonyl (C=O) groups excluding carboxylic acids is 1. The first-order valence-corrected chi connectivity index (χ1v) is 10.2. The summed E-state index contributed by atoms with van der Waals surface area (Å²) < 4.78 is 2.33. The molecule has 0 unspecified atom stereocenters. The van der Waals surface area contributed by atoms with Crippen LogP contribution in [0.2, 0.25) is 0 Å².